The van der Waals surface area contributed by atoms with Gasteiger partial charge >= 0.3 is 0 Å². The lowest BCUT2D eigenvalue weighted by Crippen LogP contribution is -2.34. The third kappa shape index (κ3) is 4.02. The number of hydrogen-bond donors (Lipinski definition) is 0. The van der Waals surface area contributed by atoms with Crippen LogP contribution in [0, 0.1) is 0 Å². The predicted octanol–water partition coefficient (Wildman–Crippen LogP) is 3.61. The largest absolute Gasteiger partial charge is 0.454 e. The van der Waals surface area contributed by atoms with Crippen molar-refractivity contribution in [3.63, 3.8) is 0 Å². The van der Waals surface area contributed by atoms with Crippen LogP contribution in [0.5, 0.6) is 11.5 Å². The summed E-state index contributed by atoms with van der Waals surface area (Å²) >= 11 is 1.59. The van der Waals surface area contributed by atoms with Gasteiger partial charge in [0.1, 0.15) is 0 Å². The lowest BCUT2D eigenvalue weighted by Gasteiger charge is -2.27. The summed E-state index contributed by atoms with van der Waals surface area (Å²) in [5, 5.41) is 0. The van der Waals surface area contributed by atoms with Crippen LogP contribution in [0.15, 0.2) is 30.0 Å². The highest BCUT2D eigenvalue weighted by Crippen LogP contribution is 2.32. The molecule has 0 saturated heterocycles. The van der Waals surface area contributed by atoms with Crippen LogP contribution in [-0.4, -0.2) is 36.2 Å². The Bertz CT molecular complexity index is 600. The number of fused-ring (bicyclic) bond motifs is 1. The Hall–Kier alpha value is -1.62. The van der Waals surface area contributed by atoms with Gasteiger partial charge in [-0.3, -0.25) is 4.79 Å². The van der Waals surface area contributed by atoms with Gasteiger partial charge in [0.05, 0.1) is 5.75 Å². The molecule has 1 aromatic rings. The Morgan fingerprint density at radius 3 is 2.91 bits per heavy atom. The Morgan fingerprint density at radius 2 is 2.13 bits per heavy atom. The summed E-state index contributed by atoms with van der Waals surface area (Å²) in [6.45, 7) is 1.02. The first-order chi connectivity index (χ1) is 11.3. The second-order valence-electron chi connectivity index (χ2n) is 5.86. The van der Waals surface area contributed by atoms with Gasteiger partial charge in [-0.15, -0.1) is 0 Å². The van der Waals surface area contributed by atoms with Gasteiger partial charge in [-0.1, -0.05) is 12.1 Å². The minimum absolute atomic E-state index is 0.214. The van der Waals surface area contributed by atoms with Gasteiger partial charge in [-0.05, 0) is 56.1 Å². The number of carbonyl (C=O) groups is 1. The summed E-state index contributed by atoms with van der Waals surface area (Å²) in [6.07, 6.45) is 9.55. The molecule has 0 atom stereocenters. The molecule has 1 amide bonds. The van der Waals surface area contributed by atoms with Crippen molar-refractivity contribution in [2.24, 2.45) is 0 Å². The predicted molar refractivity (Wildman–Crippen MR) is 92.9 cm³/mol. The first-order valence-corrected chi connectivity index (χ1v) is 9.54. The summed E-state index contributed by atoms with van der Waals surface area (Å²) in [7, 11) is 0. The highest BCUT2D eigenvalue weighted by atomic mass is 32.2. The van der Waals surface area contributed by atoms with Crippen molar-refractivity contribution in [1.82, 2.24) is 4.90 Å². The van der Waals surface area contributed by atoms with E-state index in [1.54, 1.807) is 11.8 Å². The molecular formula is C18H23NO3S. The fourth-order valence-corrected chi connectivity index (χ4v) is 3.44. The first kappa shape index (κ1) is 16.2. The Balaban J connectivity index is 1.68. The molecule has 1 aliphatic heterocycles. The third-order valence-corrected chi connectivity index (χ3v) is 4.78. The molecule has 0 N–H and O–H groups in total. The van der Waals surface area contributed by atoms with Crippen LogP contribution in [0.4, 0.5) is 0 Å². The third-order valence-electron chi connectivity index (χ3n) is 4.24. The monoisotopic (exact) mass is 333 g/mol. The number of benzene rings is 1. The Labute approximate surface area is 141 Å². The van der Waals surface area contributed by atoms with Crippen LogP contribution in [0.1, 0.15) is 31.2 Å². The van der Waals surface area contributed by atoms with E-state index in [9.17, 15) is 4.79 Å². The molecule has 0 saturated carbocycles. The van der Waals surface area contributed by atoms with Crippen molar-refractivity contribution in [3.05, 3.63) is 35.5 Å². The number of amides is 1. The highest BCUT2D eigenvalue weighted by Gasteiger charge is 2.19. The van der Waals surface area contributed by atoms with Gasteiger partial charge in [0.2, 0.25) is 12.7 Å². The van der Waals surface area contributed by atoms with Crippen LogP contribution in [0.3, 0.4) is 0 Å². The van der Waals surface area contributed by atoms with E-state index in [-0.39, 0.29) is 5.91 Å². The lowest BCUT2D eigenvalue weighted by atomic mass is 10.0. The normalized spacial score (nSPS) is 16.1. The number of thioether (sulfide) groups is 1. The molecule has 0 fully saturated rings. The van der Waals surface area contributed by atoms with Gasteiger partial charge in [0, 0.05) is 12.2 Å². The van der Waals surface area contributed by atoms with Gasteiger partial charge in [0.15, 0.2) is 11.5 Å². The molecule has 2 aliphatic rings. The quantitative estimate of drug-likeness (QED) is 0.797. The fourth-order valence-electron chi connectivity index (χ4n) is 3.03. The van der Waals surface area contributed by atoms with Crippen LogP contribution >= 0.6 is 11.8 Å². The molecule has 5 heteroatoms. The van der Waals surface area contributed by atoms with Crippen molar-refractivity contribution >= 4 is 17.7 Å². The molecule has 1 heterocycles. The molecule has 23 heavy (non-hydrogen) atoms. The summed E-state index contributed by atoms with van der Waals surface area (Å²) in [5.74, 6) is 2.37. The Morgan fingerprint density at radius 1 is 1.26 bits per heavy atom. The molecule has 0 bridgehead atoms. The summed E-state index contributed by atoms with van der Waals surface area (Å²) in [4.78, 5) is 14.5. The minimum Gasteiger partial charge on any atom is -0.454 e. The molecule has 1 aliphatic carbocycles. The molecule has 0 unspecified atom stereocenters. The first-order valence-electron chi connectivity index (χ1n) is 8.15. The van der Waals surface area contributed by atoms with Crippen molar-refractivity contribution in [2.75, 3.05) is 25.3 Å². The van der Waals surface area contributed by atoms with Gasteiger partial charge < -0.3 is 14.4 Å². The SMILES string of the molecule is CSCC(=O)N(CCc1ccc2c(c1)OCO2)C1=CCCCC1. The van der Waals surface area contributed by atoms with E-state index in [0.717, 1.165) is 37.3 Å². The zero-order valence-corrected chi connectivity index (χ0v) is 14.4. The van der Waals surface area contributed by atoms with Gasteiger partial charge in [-0.2, -0.15) is 11.8 Å². The maximum Gasteiger partial charge on any atom is 0.236 e. The van der Waals surface area contributed by atoms with E-state index in [4.69, 9.17) is 9.47 Å². The van der Waals surface area contributed by atoms with Crippen LogP contribution in [0.25, 0.3) is 0 Å². The second kappa shape index (κ2) is 7.77. The lowest BCUT2D eigenvalue weighted by molar-refractivity contribution is -0.126. The maximum absolute atomic E-state index is 12.5. The number of allylic oxidation sites excluding steroid dienone is 2. The average molecular weight is 333 g/mol. The van der Waals surface area contributed by atoms with Crippen LogP contribution in [0.2, 0.25) is 0 Å². The minimum atomic E-state index is 0.214. The van der Waals surface area contributed by atoms with Crippen LogP contribution in [-0.2, 0) is 11.2 Å². The standard InChI is InChI=1S/C18H23NO3S/c1-23-12-18(20)19(15-5-3-2-4-6-15)10-9-14-7-8-16-17(11-14)22-13-21-16/h5,7-8,11H,2-4,6,9-10,12-13H2,1H3. The van der Waals surface area contributed by atoms with E-state index in [2.05, 4.69) is 12.1 Å². The molecule has 4 nitrogen and oxygen atoms in total. The number of rotatable bonds is 6. The zero-order chi connectivity index (χ0) is 16.1. The van der Waals surface area contributed by atoms with E-state index in [1.807, 2.05) is 23.3 Å². The summed E-state index contributed by atoms with van der Waals surface area (Å²) < 4.78 is 10.8. The van der Waals surface area contributed by atoms with Crippen molar-refractivity contribution in [3.8, 4) is 11.5 Å². The maximum atomic E-state index is 12.5. The zero-order valence-electron chi connectivity index (χ0n) is 13.5. The number of ether oxygens (including phenoxy) is 2. The summed E-state index contributed by atoms with van der Waals surface area (Å²) in [6, 6.07) is 6.03. The molecule has 0 spiro atoms. The van der Waals surface area contributed by atoms with Gasteiger partial charge in [-0.25, -0.2) is 0 Å². The van der Waals surface area contributed by atoms with E-state index < -0.39 is 0 Å². The van der Waals surface area contributed by atoms with Crippen molar-refractivity contribution < 1.29 is 14.3 Å². The van der Waals surface area contributed by atoms with E-state index in [1.165, 1.54) is 24.1 Å². The molecule has 3 rings (SSSR count). The van der Waals surface area contributed by atoms with E-state index in [0.29, 0.717) is 12.5 Å². The molecular weight excluding hydrogens is 310 g/mol. The topological polar surface area (TPSA) is 38.8 Å². The number of hydrogen-bond acceptors (Lipinski definition) is 4. The highest BCUT2D eigenvalue weighted by molar-refractivity contribution is 7.99. The number of nitrogens with zero attached hydrogens (tertiary/aromatic N) is 1. The Kier molecular flexibility index (Phi) is 5.49. The smallest absolute Gasteiger partial charge is 0.236 e. The van der Waals surface area contributed by atoms with Crippen molar-refractivity contribution in [1.29, 1.82) is 0 Å². The molecule has 0 aromatic heterocycles. The number of carbonyl (C=O) groups excluding carboxylic acids is 1. The molecule has 1 aromatic carbocycles. The molecule has 124 valence electrons. The van der Waals surface area contributed by atoms with Crippen molar-refractivity contribution in [2.45, 2.75) is 32.1 Å². The fraction of sp³-hybridized carbons (Fsp3) is 0.500. The molecule has 0 radical (unpaired) electrons. The average Bonchev–Trinajstić information content (AvgIpc) is 3.04. The van der Waals surface area contributed by atoms with E-state index >= 15 is 0 Å². The van der Waals surface area contributed by atoms with Gasteiger partial charge in [0.25, 0.3) is 0 Å². The van der Waals surface area contributed by atoms with Crippen LogP contribution < -0.4 is 9.47 Å². The second-order valence-corrected chi connectivity index (χ2v) is 6.72. The summed E-state index contributed by atoms with van der Waals surface area (Å²) in [5.41, 5.74) is 2.38.